The Bertz CT molecular complexity index is 904. The van der Waals surface area contributed by atoms with Crippen molar-refractivity contribution >= 4 is 5.91 Å². The average molecular weight is 360 g/mol. The molecule has 0 unspecified atom stereocenters. The van der Waals surface area contributed by atoms with E-state index in [1.165, 1.54) is 18.2 Å². The summed E-state index contributed by atoms with van der Waals surface area (Å²) in [6.07, 6.45) is -4.43. The quantitative estimate of drug-likeness (QED) is 0.723. The van der Waals surface area contributed by atoms with Gasteiger partial charge >= 0.3 is 6.18 Å². The number of rotatable bonds is 4. The molecule has 26 heavy (non-hydrogen) atoms. The molecule has 1 amide bonds. The first-order valence-corrected chi connectivity index (χ1v) is 7.85. The molecule has 134 valence electrons. The highest BCUT2D eigenvalue weighted by Crippen LogP contribution is 2.30. The third-order valence-corrected chi connectivity index (χ3v) is 3.86. The molecule has 2 aromatic carbocycles. The lowest BCUT2D eigenvalue weighted by Crippen LogP contribution is -2.27. The van der Waals surface area contributed by atoms with E-state index >= 15 is 0 Å². The molecule has 0 aliphatic heterocycles. The van der Waals surface area contributed by atoms with Gasteiger partial charge in [-0.1, -0.05) is 47.6 Å². The monoisotopic (exact) mass is 360 g/mol. The first kappa shape index (κ1) is 17.7. The number of hydrogen-bond donors (Lipinski definition) is 1. The Balaban J connectivity index is 1.73. The Kier molecular flexibility index (Phi) is 4.79. The number of hydrogen-bond acceptors (Lipinski definition) is 3. The van der Waals surface area contributed by atoms with E-state index < -0.39 is 23.7 Å². The van der Waals surface area contributed by atoms with E-state index in [2.05, 4.69) is 10.5 Å². The zero-order valence-corrected chi connectivity index (χ0v) is 13.7. The summed E-state index contributed by atoms with van der Waals surface area (Å²) in [6, 6.07) is 14.8. The first-order chi connectivity index (χ1) is 12.3. The third-order valence-electron chi connectivity index (χ3n) is 3.86. The van der Waals surface area contributed by atoms with Crippen molar-refractivity contribution in [3.63, 3.8) is 0 Å². The second-order valence-corrected chi connectivity index (χ2v) is 5.76. The zero-order chi connectivity index (χ0) is 18.7. The number of carbonyl (C=O) groups is 1. The van der Waals surface area contributed by atoms with Crippen molar-refractivity contribution in [3.8, 4) is 11.3 Å². The predicted octanol–water partition coefficient (Wildman–Crippen LogP) is 4.85. The molecule has 0 saturated carbocycles. The molecule has 1 heterocycles. The zero-order valence-electron chi connectivity index (χ0n) is 13.7. The normalized spacial score (nSPS) is 12.6. The standard InChI is InChI=1S/C19H15F3N2O2/c1-12(14-8-5-9-15(10-14)19(20,21)22)23-18(25)16-11-17(26-24-16)13-6-3-2-4-7-13/h2-12H,1H3,(H,23,25)/t12-/m1/s1. The Morgan fingerprint density at radius 3 is 2.50 bits per heavy atom. The Morgan fingerprint density at radius 2 is 1.81 bits per heavy atom. The summed E-state index contributed by atoms with van der Waals surface area (Å²) in [5.41, 5.74) is 0.413. The number of nitrogens with one attached hydrogen (secondary N) is 1. The molecule has 1 aromatic heterocycles. The summed E-state index contributed by atoms with van der Waals surface area (Å²) in [5.74, 6) is -0.0942. The van der Waals surface area contributed by atoms with Gasteiger partial charge in [0.05, 0.1) is 11.6 Å². The summed E-state index contributed by atoms with van der Waals surface area (Å²) >= 11 is 0. The van der Waals surface area contributed by atoms with Crippen molar-refractivity contribution < 1.29 is 22.5 Å². The largest absolute Gasteiger partial charge is 0.416 e. The molecule has 3 aromatic rings. The Morgan fingerprint density at radius 1 is 1.08 bits per heavy atom. The van der Waals surface area contributed by atoms with Crippen LogP contribution in [0.5, 0.6) is 0 Å². The van der Waals surface area contributed by atoms with Crippen LogP contribution < -0.4 is 5.32 Å². The van der Waals surface area contributed by atoms with E-state index in [9.17, 15) is 18.0 Å². The highest BCUT2D eigenvalue weighted by Gasteiger charge is 2.30. The smallest absolute Gasteiger partial charge is 0.355 e. The van der Waals surface area contributed by atoms with Crippen molar-refractivity contribution in [2.75, 3.05) is 0 Å². The van der Waals surface area contributed by atoms with E-state index in [0.717, 1.165) is 17.7 Å². The van der Waals surface area contributed by atoms with E-state index in [1.807, 2.05) is 30.3 Å². The first-order valence-electron chi connectivity index (χ1n) is 7.85. The average Bonchev–Trinajstić information content (AvgIpc) is 3.12. The Hall–Kier alpha value is -3.09. The molecule has 1 atom stereocenters. The van der Waals surface area contributed by atoms with Crippen molar-refractivity contribution in [2.24, 2.45) is 0 Å². The number of nitrogens with zero attached hydrogens (tertiary/aromatic N) is 1. The summed E-state index contributed by atoms with van der Waals surface area (Å²) in [6.45, 7) is 1.60. The van der Waals surface area contributed by atoms with Crippen LogP contribution in [0.1, 0.15) is 34.6 Å². The fourth-order valence-electron chi connectivity index (χ4n) is 2.46. The highest BCUT2D eigenvalue weighted by molar-refractivity contribution is 5.93. The fourth-order valence-corrected chi connectivity index (χ4v) is 2.46. The molecule has 1 N–H and O–H groups in total. The number of benzene rings is 2. The third kappa shape index (κ3) is 3.93. The Labute approximate surface area is 147 Å². The SMILES string of the molecule is C[C@@H](NC(=O)c1cc(-c2ccccc2)on1)c1cccc(C(F)(F)F)c1. The van der Waals surface area contributed by atoms with Gasteiger partial charge in [-0.15, -0.1) is 0 Å². The molecule has 3 rings (SSSR count). The van der Waals surface area contributed by atoms with Crippen LogP contribution >= 0.6 is 0 Å². The second-order valence-electron chi connectivity index (χ2n) is 5.76. The van der Waals surface area contributed by atoms with Gasteiger partial charge in [-0.3, -0.25) is 4.79 Å². The van der Waals surface area contributed by atoms with E-state index in [4.69, 9.17) is 4.52 Å². The molecule has 0 aliphatic carbocycles. The molecule has 7 heteroatoms. The van der Waals surface area contributed by atoms with Gasteiger partial charge in [0.25, 0.3) is 5.91 Å². The predicted molar refractivity (Wildman–Crippen MR) is 89.3 cm³/mol. The number of aromatic nitrogens is 1. The molecule has 0 saturated heterocycles. The van der Waals surface area contributed by atoms with Crippen molar-refractivity contribution in [1.82, 2.24) is 10.5 Å². The van der Waals surface area contributed by atoms with Crippen LogP contribution in [-0.4, -0.2) is 11.1 Å². The maximum atomic E-state index is 12.8. The van der Waals surface area contributed by atoms with Crippen LogP contribution in [0.15, 0.2) is 65.2 Å². The van der Waals surface area contributed by atoms with Crippen LogP contribution in [-0.2, 0) is 6.18 Å². The summed E-state index contributed by atoms with van der Waals surface area (Å²) < 4.78 is 43.6. The van der Waals surface area contributed by atoms with E-state index in [0.29, 0.717) is 11.3 Å². The van der Waals surface area contributed by atoms with Crippen LogP contribution in [0.2, 0.25) is 0 Å². The van der Waals surface area contributed by atoms with Gasteiger partial charge in [0, 0.05) is 11.6 Å². The molecule has 0 bridgehead atoms. The van der Waals surface area contributed by atoms with Gasteiger partial charge in [-0.25, -0.2) is 0 Å². The summed E-state index contributed by atoms with van der Waals surface area (Å²) in [5, 5.41) is 6.36. The molecule has 0 radical (unpaired) electrons. The minimum Gasteiger partial charge on any atom is -0.355 e. The van der Waals surface area contributed by atoms with Gasteiger partial charge in [-0.05, 0) is 24.6 Å². The van der Waals surface area contributed by atoms with Gasteiger partial charge in [0.2, 0.25) is 0 Å². The molecular weight excluding hydrogens is 345 g/mol. The maximum Gasteiger partial charge on any atom is 0.416 e. The van der Waals surface area contributed by atoms with Gasteiger partial charge in [-0.2, -0.15) is 13.2 Å². The van der Waals surface area contributed by atoms with Gasteiger partial charge < -0.3 is 9.84 Å². The molecule has 4 nitrogen and oxygen atoms in total. The summed E-state index contributed by atoms with van der Waals surface area (Å²) in [4.78, 5) is 12.3. The van der Waals surface area contributed by atoms with Crippen molar-refractivity contribution in [2.45, 2.75) is 19.1 Å². The van der Waals surface area contributed by atoms with Crippen LogP contribution in [0.3, 0.4) is 0 Å². The van der Waals surface area contributed by atoms with E-state index in [1.54, 1.807) is 6.92 Å². The summed E-state index contributed by atoms with van der Waals surface area (Å²) in [7, 11) is 0. The molecular formula is C19H15F3N2O2. The topological polar surface area (TPSA) is 55.1 Å². The fraction of sp³-hybridized carbons (Fsp3) is 0.158. The number of alkyl halides is 3. The van der Waals surface area contributed by atoms with Crippen molar-refractivity contribution in [3.05, 3.63) is 77.5 Å². The van der Waals surface area contributed by atoms with Crippen LogP contribution in [0.4, 0.5) is 13.2 Å². The van der Waals surface area contributed by atoms with E-state index in [-0.39, 0.29) is 5.69 Å². The maximum absolute atomic E-state index is 12.8. The molecule has 0 aliphatic rings. The number of amides is 1. The molecule has 0 spiro atoms. The van der Waals surface area contributed by atoms with Gasteiger partial charge in [0.1, 0.15) is 0 Å². The van der Waals surface area contributed by atoms with Crippen LogP contribution in [0, 0.1) is 0 Å². The van der Waals surface area contributed by atoms with Crippen LogP contribution in [0.25, 0.3) is 11.3 Å². The number of halogens is 3. The second kappa shape index (κ2) is 7.03. The lowest BCUT2D eigenvalue weighted by atomic mass is 10.0. The van der Waals surface area contributed by atoms with Gasteiger partial charge in [0.15, 0.2) is 11.5 Å². The number of carbonyl (C=O) groups excluding carboxylic acids is 1. The minimum atomic E-state index is -4.43. The minimum absolute atomic E-state index is 0.0580. The lowest BCUT2D eigenvalue weighted by molar-refractivity contribution is -0.137. The lowest BCUT2D eigenvalue weighted by Gasteiger charge is -2.15. The molecule has 0 fully saturated rings. The van der Waals surface area contributed by atoms with Crippen molar-refractivity contribution in [1.29, 1.82) is 0 Å². The highest BCUT2D eigenvalue weighted by atomic mass is 19.4.